The monoisotopic (exact) mass is 422 g/mol. The van der Waals surface area contributed by atoms with Crippen LogP contribution in [0.25, 0.3) is 17.4 Å². The van der Waals surface area contributed by atoms with Gasteiger partial charge >= 0.3 is 0 Å². The molecule has 6 heteroatoms. The molecule has 4 rings (SSSR count). The first-order valence-corrected chi connectivity index (χ1v) is 10.6. The zero-order chi connectivity index (χ0) is 20.4. The molecule has 0 radical (unpaired) electrons. The van der Waals surface area contributed by atoms with Crippen LogP contribution in [0.4, 0.5) is 5.00 Å². The molecule has 146 valence electrons. The first-order valence-electron chi connectivity index (χ1n) is 9.43. The van der Waals surface area contributed by atoms with Gasteiger partial charge in [0.2, 0.25) is 5.91 Å². The van der Waals surface area contributed by atoms with Gasteiger partial charge in [-0.1, -0.05) is 18.5 Å². The number of furan rings is 1. The Bertz CT molecular complexity index is 1120. The largest absolute Gasteiger partial charge is 0.457 e. The second kappa shape index (κ2) is 8.28. The minimum atomic E-state index is -0.280. The fourth-order valence-electron chi connectivity index (χ4n) is 3.48. The second-order valence-corrected chi connectivity index (χ2v) is 8.74. The lowest BCUT2D eigenvalue weighted by molar-refractivity contribution is -0.111. The number of carbonyl (C=O) groups excluding carboxylic acids is 1. The third-order valence-corrected chi connectivity index (χ3v) is 6.44. The fourth-order valence-corrected chi connectivity index (χ4v) is 4.97. The molecular weight excluding hydrogens is 404 g/mol. The Balaban J connectivity index is 1.46. The van der Waals surface area contributed by atoms with Crippen molar-refractivity contribution in [3.8, 4) is 17.4 Å². The quantitative estimate of drug-likeness (QED) is 0.501. The molecule has 1 aromatic carbocycles. The van der Waals surface area contributed by atoms with Gasteiger partial charge in [0, 0.05) is 21.5 Å². The smallest absolute Gasteiger partial charge is 0.249 e. The maximum Gasteiger partial charge on any atom is 0.249 e. The average Bonchev–Trinajstić information content (AvgIpc) is 3.30. The van der Waals surface area contributed by atoms with Gasteiger partial charge in [0.25, 0.3) is 0 Å². The molecule has 1 amide bonds. The van der Waals surface area contributed by atoms with Gasteiger partial charge in [0.15, 0.2) is 0 Å². The molecule has 2 heterocycles. The minimum absolute atomic E-state index is 0.280. The first-order chi connectivity index (χ1) is 14.0. The van der Waals surface area contributed by atoms with Gasteiger partial charge in [0.05, 0.1) is 5.56 Å². The Labute approximate surface area is 178 Å². The van der Waals surface area contributed by atoms with Crippen LogP contribution in [0.5, 0.6) is 0 Å². The van der Waals surface area contributed by atoms with Crippen LogP contribution in [0.3, 0.4) is 0 Å². The molecule has 1 aliphatic carbocycles. The maximum absolute atomic E-state index is 12.4. The van der Waals surface area contributed by atoms with E-state index in [1.165, 1.54) is 22.3 Å². The highest BCUT2D eigenvalue weighted by Gasteiger charge is 2.24. The van der Waals surface area contributed by atoms with Gasteiger partial charge in [-0.2, -0.15) is 5.26 Å². The molecule has 0 unspecified atom stereocenters. The highest BCUT2D eigenvalue weighted by molar-refractivity contribution is 7.16. The molecule has 0 bridgehead atoms. The van der Waals surface area contributed by atoms with E-state index in [0.717, 1.165) is 30.4 Å². The molecule has 0 saturated heterocycles. The minimum Gasteiger partial charge on any atom is -0.457 e. The van der Waals surface area contributed by atoms with E-state index in [-0.39, 0.29) is 5.91 Å². The Morgan fingerprint density at radius 3 is 2.86 bits per heavy atom. The van der Waals surface area contributed by atoms with Crippen LogP contribution >= 0.6 is 22.9 Å². The van der Waals surface area contributed by atoms with E-state index in [1.807, 2.05) is 18.2 Å². The number of anilines is 1. The number of rotatable bonds is 4. The summed E-state index contributed by atoms with van der Waals surface area (Å²) in [5.74, 6) is 1.61. The number of fused-ring (bicyclic) bond motifs is 1. The van der Waals surface area contributed by atoms with Crippen molar-refractivity contribution in [2.45, 2.75) is 26.2 Å². The Morgan fingerprint density at radius 2 is 2.10 bits per heavy atom. The van der Waals surface area contributed by atoms with Gasteiger partial charge in [0.1, 0.15) is 22.6 Å². The number of halogens is 1. The van der Waals surface area contributed by atoms with E-state index in [0.29, 0.717) is 33.0 Å². The van der Waals surface area contributed by atoms with E-state index in [4.69, 9.17) is 16.0 Å². The van der Waals surface area contributed by atoms with Crippen LogP contribution in [0.1, 0.15) is 35.1 Å². The number of nitriles is 1. The summed E-state index contributed by atoms with van der Waals surface area (Å²) >= 11 is 7.43. The summed E-state index contributed by atoms with van der Waals surface area (Å²) in [5.41, 5.74) is 2.63. The van der Waals surface area contributed by atoms with Crippen molar-refractivity contribution in [3.05, 3.63) is 69.3 Å². The van der Waals surface area contributed by atoms with Gasteiger partial charge < -0.3 is 9.73 Å². The van der Waals surface area contributed by atoms with Gasteiger partial charge in [-0.05, 0) is 73.2 Å². The highest BCUT2D eigenvalue weighted by atomic mass is 35.5. The van der Waals surface area contributed by atoms with E-state index >= 15 is 0 Å². The highest BCUT2D eigenvalue weighted by Crippen LogP contribution is 2.39. The third kappa shape index (κ3) is 4.29. The van der Waals surface area contributed by atoms with Crippen LogP contribution < -0.4 is 5.32 Å². The van der Waals surface area contributed by atoms with Crippen molar-refractivity contribution in [1.82, 2.24) is 0 Å². The number of thiophene rings is 1. The zero-order valence-electron chi connectivity index (χ0n) is 15.9. The lowest BCUT2D eigenvalue weighted by atomic mass is 9.89. The number of hydrogen-bond donors (Lipinski definition) is 1. The number of hydrogen-bond acceptors (Lipinski definition) is 4. The Kier molecular flexibility index (Phi) is 5.57. The molecule has 0 fully saturated rings. The van der Waals surface area contributed by atoms with Crippen molar-refractivity contribution >= 4 is 39.9 Å². The number of benzene rings is 1. The second-order valence-electron chi connectivity index (χ2n) is 7.20. The molecule has 0 spiro atoms. The maximum atomic E-state index is 12.4. The lowest BCUT2D eigenvalue weighted by Gasteiger charge is -2.17. The van der Waals surface area contributed by atoms with Crippen LogP contribution in [0.15, 0.2) is 46.9 Å². The normalized spacial score (nSPS) is 15.8. The topological polar surface area (TPSA) is 66.0 Å². The Morgan fingerprint density at radius 1 is 1.31 bits per heavy atom. The summed E-state index contributed by atoms with van der Waals surface area (Å²) < 4.78 is 5.77. The third-order valence-electron chi connectivity index (χ3n) is 5.01. The molecule has 4 nitrogen and oxygen atoms in total. The van der Waals surface area contributed by atoms with Crippen LogP contribution in [-0.4, -0.2) is 5.91 Å². The molecular formula is C23H19ClN2O2S. The number of nitrogens with zero attached hydrogens (tertiary/aromatic N) is 1. The molecule has 0 saturated carbocycles. The summed E-state index contributed by atoms with van der Waals surface area (Å²) in [4.78, 5) is 13.6. The average molecular weight is 423 g/mol. The summed E-state index contributed by atoms with van der Waals surface area (Å²) in [6, 6.07) is 13.3. The molecule has 29 heavy (non-hydrogen) atoms. The van der Waals surface area contributed by atoms with E-state index in [9.17, 15) is 10.1 Å². The van der Waals surface area contributed by atoms with E-state index < -0.39 is 0 Å². The van der Waals surface area contributed by atoms with Crippen LogP contribution in [0, 0.1) is 17.2 Å². The van der Waals surface area contributed by atoms with Crippen molar-refractivity contribution < 1.29 is 9.21 Å². The molecule has 0 aliphatic heterocycles. The van der Waals surface area contributed by atoms with Gasteiger partial charge in [-0.25, -0.2) is 0 Å². The summed E-state index contributed by atoms with van der Waals surface area (Å²) in [6.07, 6.45) is 6.01. The van der Waals surface area contributed by atoms with E-state index in [1.54, 1.807) is 24.3 Å². The van der Waals surface area contributed by atoms with Gasteiger partial charge in [-0.15, -0.1) is 11.3 Å². The Hall–Kier alpha value is -2.81. The summed E-state index contributed by atoms with van der Waals surface area (Å²) in [6.45, 7) is 2.22. The molecule has 2 aromatic heterocycles. The standard InChI is InChI=1S/C23H19ClN2O2S/c1-14-2-9-18-19(13-25)23(29-21(18)12-14)26-22(27)11-8-17-7-10-20(28-17)15-3-5-16(24)6-4-15/h3-8,10-11,14H,2,9,12H2,1H3,(H,26,27)/b11-8+/t14-/m0/s1. The van der Waals surface area contributed by atoms with Crippen LogP contribution in [-0.2, 0) is 17.6 Å². The predicted octanol–water partition coefficient (Wildman–Crippen LogP) is 6.31. The number of amides is 1. The van der Waals surface area contributed by atoms with E-state index in [2.05, 4.69) is 18.3 Å². The molecule has 1 atom stereocenters. The van der Waals surface area contributed by atoms with Crippen molar-refractivity contribution in [2.75, 3.05) is 5.32 Å². The molecule has 1 aliphatic rings. The SMILES string of the molecule is C[C@H]1CCc2c(sc(NC(=O)/C=C/c3ccc(-c4ccc(Cl)cc4)o3)c2C#N)C1. The fraction of sp³-hybridized carbons (Fsp3) is 0.217. The summed E-state index contributed by atoms with van der Waals surface area (Å²) in [7, 11) is 0. The summed E-state index contributed by atoms with van der Waals surface area (Å²) in [5, 5.41) is 13.7. The number of nitrogens with one attached hydrogen (secondary N) is 1. The van der Waals surface area contributed by atoms with Gasteiger partial charge in [-0.3, -0.25) is 4.79 Å². The number of carbonyl (C=O) groups is 1. The van der Waals surface area contributed by atoms with Crippen molar-refractivity contribution in [3.63, 3.8) is 0 Å². The van der Waals surface area contributed by atoms with Crippen LogP contribution in [0.2, 0.25) is 5.02 Å². The van der Waals surface area contributed by atoms with Crippen molar-refractivity contribution in [2.24, 2.45) is 5.92 Å². The first kappa shape index (κ1) is 19.5. The predicted molar refractivity (Wildman–Crippen MR) is 117 cm³/mol. The van der Waals surface area contributed by atoms with Crippen molar-refractivity contribution in [1.29, 1.82) is 5.26 Å². The molecule has 3 aromatic rings. The zero-order valence-corrected chi connectivity index (χ0v) is 17.4. The lowest BCUT2D eigenvalue weighted by Crippen LogP contribution is -2.10. The molecule has 1 N–H and O–H groups in total.